The van der Waals surface area contributed by atoms with E-state index in [4.69, 9.17) is 9.05 Å². The van der Waals surface area contributed by atoms with Crippen molar-refractivity contribution in [2.45, 2.75) is 6.92 Å². The molecule has 1 atom stereocenters. The lowest BCUT2D eigenvalue weighted by Gasteiger charge is -2.17. The number of hydrogen-bond donors (Lipinski definition) is 0. The molecule has 2 nitrogen and oxygen atoms in total. The third-order valence-electron chi connectivity index (χ3n) is 2.41. The van der Waals surface area contributed by atoms with Gasteiger partial charge in [0.1, 0.15) is 5.75 Å². The summed E-state index contributed by atoms with van der Waals surface area (Å²) in [7, 11) is 0.632. The number of aryl methyl sites for hydroxylation is 1. The number of hydrogen-bond acceptors (Lipinski definition) is 2. The van der Waals surface area contributed by atoms with Crippen molar-refractivity contribution in [1.82, 2.24) is 0 Å². The van der Waals surface area contributed by atoms with Gasteiger partial charge in [0.15, 0.2) is 0 Å². The smallest absolute Gasteiger partial charge is 0.264 e. The highest BCUT2D eigenvalue weighted by Gasteiger charge is 2.14. The van der Waals surface area contributed by atoms with Crippen molar-refractivity contribution < 1.29 is 9.05 Å². The third kappa shape index (κ3) is 3.06. The van der Waals surface area contributed by atoms with E-state index >= 15 is 0 Å². The van der Waals surface area contributed by atoms with Crippen molar-refractivity contribution in [3.8, 4) is 5.75 Å². The molecule has 0 aliphatic rings. The highest BCUT2D eigenvalue weighted by atomic mass is 31.2. The zero-order chi connectivity index (χ0) is 12.1. The molecule has 2 rings (SSSR count). The zero-order valence-electron chi connectivity index (χ0n) is 9.96. The van der Waals surface area contributed by atoms with Crippen LogP contribution in [0.2, 0.25) is 0 Å². The van der Waals surface area contributed by atoms with Crippen LogP contribution < -0.4 is 9.83 Å². The lowest BCUT2D eigenvalue weighted by Crippen LogP contribution is -2.06. The van der Waals surface area contributed by atoms with E-state index in [0.29, 0.717) is 0 Å². The van der Waals surface area contributed by atoms with Crippen molar-refractivity contribution in [2.75, 3.05) is 7.11 Å². The van der Waals surface area contributed by atoms with E-state index < -0.39 is 8.38 Å². The van der Waals surface area contributed by atoms with Gasteiger partial charge in [-0.25, -0.2) is 0 Å². The summed E-state index contributed by atoms with van der Waals surface area (Å²) in [5.74, 6) is 0.879. The van der Waals surface area contributed by atoms with Gasteiger partial charge in [-0.15, -0.1) is 0 Å². The molecule has 3 heteroatoms. The minimum Gasteiger partial charge on any atom is -0.444 e. The molecule has 0 spiro atoms. The summed E-state index contributed by atoms with van der Waals surface area (Å²) in [6, 6.07) is 18.0. The Kier molecular flexibility index (Phi) is 4.13. The second-order valence-corrected chi connectivity index (χ2v) is 5.21. The number of benzene rings is 2. The normalized spacial score (nSPS) is 12.1. The van der Waals surface area contributed by atoms with Gasteiger partial charge < -0.3 is 9.05 Å². The Labute approximate surface area is 103 Å². The highest BCUT2D eigenvalue weighted by Crippen LogP contribution is 2.38. The molecule has 88 valence electrons. The minimum absolute atomic E-state index is 0.879. The number of rotatable bonds is 4. The predicted octanol–water partition coefficient (Wildman–Crippen LogP) is 3.66. The molecule has 0 heterocycles. The van der Waals surface area contributed by atoms with E-state index in [1.165, 1.54) is 0 Å². The van der Waals surface area contributed by atoms with E-state index in [-0.39, 0.29) is 0 Å². The zero-order valence-corrected chi connectivity index (χ0v) is 10.9. The van der Waals surface area contributed by atoms with Gasteiger partial charge >= 0.3 is 0 Å². The van der Waals surface area contributed by atoms with Gasteiger partial charge in [-0.2, -0.15) is 0 Å². The van der Waals surface area contributed by atoms with Crippen LogP contribution in [-0.4, -0.2) is 7.11 Å². The van der Waals surface area contributed by atoms with E-state index in [0.717, 1.165) is 16.6 Å². The molecule has 0 aliphatic carbocycles. The van der Waals surface area contributed by atoms with Crippen LogP contribution in [0.4, 0.5) is 0 Å². The topological polar surface area (TPSA) is 18.5 Å². The van der Waals surface area contributed by atoms with Crippen molar-refractivity contribution in [2.24, 2.45) is 0 Å². The number of para-hydroxylation sites is 1. The molecule has 0 saturated carbocycles. The molecular weight excluding hydrogens is 231 g/mol. The molecule has 0 fully saturated rings. The molecule has 1 unspecified atom stereocenters. The second kappa shape index (κ2) is 5.81. The maximum atomic E-state index is 5.92. The van der Waals surface area contributed by atoms with Gasteiger partial charge in [0, 0.05) is 12.4 Å². The van der Waals surface area contributed by atoms with E-state index in [1.807, 2.05) is 61.5 Å². The lowest BCUT2D eigenvalue weighted by molar-refractivity contribution is 0.404. The molecule has 0 aliphatic heterocycles. The van der Waals surface area contributed by atoms with E-state index in [1.54, 1.807) is 7.11 Å². The summed E-state index contributed by atoms with van der Waals surface area (Å²) < 4.78 is 11.4. The Morgan fingerprint density at radius 2 is 1.53 bits per heavy atom. The standard InChI is InChI=1S/C14H15O2P/c1-12-8-6-7-11-14(12)16-17(15-2)13-9-4-3-5-10-13/h3-11H,1-2H3. The van der Waals surface area contributed by atoms with Crippen LogP contribution in [0.15, 0.2) is 54.6 Å². The van der Waals surface area contributed by atoms with E-state index in [9.17, 15) is 0 Å². The Hall–Kier alpha value is -1.37. The summed E-state index contributed by atoms with van der Waals surface area (Å²) in [6.07, 6.45) is 0. The summed E-state index contributed by atoms with van der Waals surface area (Å²) in [4.78, 5) is 0. The average molecular weight is 246 g/mol. The Balaban J connectivity index is 2.19. The Bertz CT molecular complexity index is 471. The fraction of sp³-hybridized carbons (Fsp3) is 0.143. The van der Waals surface area contributed by atoms with Crippen LogP contribution in [0.25, 0.3) is 0 Å². The summed E-state index contributed by atoms with van der Waals surface area (Å²) >= 11 is 0. The molecule has 17 heavy (non-hydrogen) atoms. The first-order valence-electron chi connectivity index (χ1n) is 5.44. The third-order valence-corrected chi connectivity index (χ3v) is 3.82. The molecule has 0 amide bonds. The van der Waals surface area contributed by atoms with Gasteiger partial charge in [0.05, 0.1) is 0 Å². The van der Waals surface area contributed by atoms with Crippen LogP contribution in [-0.2, 0) is 4.52 Å². The summed E-state index contributed by atoms with van der Waals surface area (Å²) in [5, 5.41) is 1.08. The summed E-state index contributed by atoms with van der Waals surface area (Å²) in [6.45, 7) is 2.03. The first-order chi connectivity index (χ1) is 8.31. The maximum Gasteiger partial charge on any atom is 0.264 e. The van der Waals surface area contributed by atoms with Gasteiger partial charge in [0.2, 0.25) is 0 Å². The van der Waals surface area contributed by atoms with Crippen LogP contribution >= 0.6 is 8.38 Å². The van der Waals surface area contributed by atoms with Gasteiger partial charge in [-0.05, 0) is 30.7 Å². The SMILES string of the molecule is COP(Oc1ccccc1C)c1ccccc1. The fourth-order valence-corrected chi connectivity index (χ4v) is 2.68. The molecule has 0 saturated heterocycles. The molecule has 0 aromatic heterocycles. The monoisotopic (exact) mass is 246 g/mol. The largest absolute Gasteiger partial charge is 0.444 e. The van der Waals surface area contributed by atoms with Crippen molar-refractivity contribution in [3.05, 3.63) is 60.2 Å². The van der Waals surface area contributed by atoms with Crippen LogP contribution in [0, 0.1) is 6.92 Å². The van der Waals surface area contributed by atoms with Crippen molar-refractivity contribution in [3.63, 3.8) is 0 Å². The van der Waals surface area contributed by atoms with Crippen LogP contribution in [0.1, 0.15) is 5.56 Å². The molecule has 2 aromatic rings. The van der Waals surface area contributed by atoms with E-state index in [2.05, 4.69) is 0 Å². The molecule has 0 bridgehead atoms. The van der Waals surface area contributed by atoms with Crippen molar-refractivity contribution >= 4 is 13.7 Å². The molecular formula is C14H15O2P. The minimum atomic E-state index is -1.05. The quantitative estimate of drug-likeness (QED) is 0.766. The molecule has 0 N–H and O–H groups in total. The lowest BCUT2D eigenvalue weighted by atomic mass is 10.2. The van der Waals surface area contributed by atoms with Crippen molar-refractivity contribution in [1.29, 1.82) is 0 Å². The maximum absolute atomic E-state index is 5.92. The molecule has 2 aromatic carbocycles. The van der Waals surface area contributed by atoms with Gasteiger partial charge in [0.25, 0.3) is 8.38 Å². The van der Waals surface area contributed by atoms with Gasteiger partial charge in [-0.1, -0.05) is 36.4 Å². The first kappa shape index (κ1) is 12.1. The fourth-order valence-electron chi connectivity index (χ4n) is 1.49. The highest BCUT2D eigenvalue weighted by molar-refractivity contribution is 7.56. The summed E-state index contributed by atoms with van der Waals surface area (Å²) in [5.41, 5.74) is 1.12. The Morgan fingerprint density at radius 3 is 2.18 bits per heavy atom. The Morgan fingerprint density at radius 1 is 0.882 bits per heavy atom. The average Bonchev–Trinajstić information content (AvgIpc) is 2.39. The molecule has 0 radical (unpaired) electrons. The van der Waals surface area contributed by atoms with Crippen LogP contribution in [0.3, 0.4) is 0 Å². The second-order valence-electron chi connectivity index (χ2n) is 3.63. The van der Waals surface area contributed by atoms with Crippen LogP contribution in [0.5, 0.6) is 5.75 Å². The first-order valence-corrected chi connectivity index (χ1v) is 6.62. The van der Waals surface area contributed by atoms with Gasteiger partial charge in [-0.3, -0.25) is 0 Å². The predicted molar refractivity (Wildman–Crippen MR) is 71.8 cm³/mol.